The smallest absolute Gasteiger partial charge is 0.318 e. The van der Waals surface area contributed by atoms with Gasteiger partial charge in [0.25, 0.3) is 0 Å². The van der Waals surface area contributed by atoms with E-state index in [0.29, 0.717) is 6.42 Å². The lowest BCUT2D eigenvalue weighted by atomic mass is 9.60. The Morgan fingerprint density at radius 2 is 1.79 bits per heavy atom. The molecule has 0 aromatic carbocycles. The van der Waals surface area contributed by atoms with E-state index < -0.39 is 28.7 Å². The van der Waals surface area contributed by atoms with E-state index in [0.717, 1.165) is 12.8 Å². The van der Waals surface area contributed by atoms with Gasteiger partial charge < -0.3 is 5.11 Å². The van der Waals surface area contributed by atoms with Crippen molar-refractivity contribution in [2.24, 2.45) is 17.3 Å². The highest BCUT2D eigenvalue weighted by atomic mass is 16.4. The first kappa shape index (κ1) is 13.9. The van der Waals surface area contributed by atoms with Crippen LogP contribution in [0.4, 0.5) is 0 Å². The predicted molar refractivity (Wildman–Crippen MR) is 65.4 cm³/mol. The van der Waals surface area contributed by atoms with Crippen molar-refractivity contribution in [3.8, 4) is 0 Å². The lowest BCUT2D eigenvalue weighted by molar-refractivity contribution is -0.166. The van der Waals surface area contributed by atoms with Crippen LogP contribution in [0.5, 0.6) is 0 Å². The maximum atomic E-state index is 12.5. The third-order valence-electron chi connectivity index (χ3n) is 4.55. The summed E-state index contributed by atoms with van der Waals surface area (Å²) in [7, 11) is 0. The van der Waals surface area contributed by atoms with Crippen molar-refractivity contribution in [3.63, 3.8) is 0 Å². The van der Waals surface area contributed by atoms with E-state index in [1.165, 1.54) is 0 Å². The molecule has 0 saturated heterocycles. The van der Waals surface area contributed by atoms with Crippen molar-refractivity contribution >= 4 is 23.3 Å². The Labute approximate surface area is 111 Å². The molecule has 0 radical (unpaired) electrons. The van der Waals surface area contributed by atoms with Crippen molar-refractivity contribution in [2.45, 2.75) is 45.4 Å². The zero-order valence-electron chi connectivity index (χ0n) is 11.0. The molecule has 2 unspecified atom stereocenters. The highest BCUT2D eigenvalue weighted by Crippen LogP contribution is 2.45. The number of carbonyl (C=O) groups is 4. The second-order valence-electron chi connectivity index (χ2n) is 5.71. The summed E-state index contributed by atoms with van der Waals surface area (Å²) < 4.78 is 0. The molecule has 0 bridgehead atoms. The third kappa shape index (κ3) is 2.22. The van der Waals surface area contributed by atoms with Gasteiger partial charge in [-0.15, -0.1) is 0 Å². The molecule has 0 amide bonds. The summed E-state index contributed by atoms with van der Waals surface area (Å²) in [5.41, 5.74) is -1.79. The van der Waals surface area contributed by atoms with Crippen molar-refractivity contribution < 1.29 is 24.3 Å². The van der Waals surface area contributed by atoms with Crippen LogP contribution in [0.15, 0.2) is 0 Å². The fourth-order valence-corrected chi connectivity index (χ4v) is 3.27. The molecule has 104 valence electrons. The summed E-state index contributed by atoms with van der Waals surface area (Å²) in [5.74, 6) is -2.67. The summed E-state index contributed by atoms with van der Waals surface area (Å²) in [4.78, 5) is 47.1. The van der Waals surface area contributed by atoms with Gasteiger partial charge in [0.15, 0.2) is 5.78 Å². The van der Waals surface area contributed by atoms with Gasteiger partial charge in [-0.2, -0.15) is 0 Å². The highest BCUT2D eigenvalue weighted by molar-refractivity contribution is 6.15. The zero-order valence-corrected chi connectivity index (χ0v) is 11.0. The molecular weight excluding hydrogens is 248 g/mol. The number of rotatable bonds is 4. The van der Waals surface area contributed by atoms with Crippen LogP contribution in [0, 0.1) is 17.3 Å². The van der Waals surface area contributed by atoms with E-state index in [9.17, 15) is 24.3 Å². The number of hydrogen-bond acceptors (Lipinski definition) is 4. The molecule has 5 heteroatoms. The van der Waals surface area contributed by atoms with Crippen LogP contribution in [-0.2, 0) is 19.2 Å². The topological polar surface area (TPSA) is 88.5 Å². The third-order valence-corrected chi connectivity index (χ3v) is 4.55. The summed E-state index contributed by atoms with van der Waals surface area (Å²) in [6.45, 7) is 1.97. The fourth-order valence-electron chi connectivity index (χ4n) is 3.27. The van der Waals surface area contributed by atoms with Gasteiger partial charge >= 0.3 is 5.97 Å². The first-order valence-corrected chi connectivity index (χ1v) is 6.72. The lowest BCUT2D eigenvalue weighted by Crippen LogP contribution is -2.51. The highest BCUT2D eigenvalue weighted by Gasteiger charge is 2.55. The van der Waals surface area contributed by atoms with Crippen LogP contribution in [0.1, 0.15) is 45.4 Å². The van der Waals surface area contributed by atoms with Gasteiger partial charge in [-0.1, -0.05) is 13.3 Å². The number of hydrogen-bond donors (Lipinski definition) is 1. The Kier molecular flexibility index (Phi) is 3.56. The Balaban J connectivity index is 2.29. The van der Waals surface area contributed by atoms with E-state index in [4.69, 9.17) is 0 Å². The zero-order chi connectivity index (χ0) is 14.2. The number of ketones is 3. The first-order chi connectivity index (χ1) is 8.90. The van der Waals surface area contributed by atoms with Gasteiger partial charge in [0.2, 0.25) is 0 Å². The van der Waals surface area contributed by atoms with Gasteiger partial charge in [0.05, 0.1) is 6.42 Å². The molecule has 0 spiro atoms. The second-order valence-corrected chi connectivity index (χ2v) is 5.71. The van der Waals surface area contributed by atoms with Gasteiger partial charge in [0, 0.05) is 18.8 Å². The molecule has 5 nitrogen and oxygen atoms in total. The van der Waals surface area contributed by atoms with Crippen LogP contribution >= 0.6 is 0 Å². The fraction of sp³-hybridized carbons (Fsp3) is 0.714. The van der Waals surface area contributed by atoms with Crippen molar-refractivity contribution in [3.05, 3.63) is 0 Å². The van der Waals surface area contributed by atoms with Gasteiger partial charge in [-0.25, -0.2) is 0 Å². The van der Waals surface area contributed by atoms with Crippen molar-refractivity contribution in [1.29, 1.82) is 0 Å². The summed E-state index contributed by atoms with van der Waals surface area (Å²) in [6.07, 6.45) is 1.55. The second kappa shape index (κ2) is 4.87. The molecule has 0 aromatic heterocycles. The molecule has 2 aliphatic rings. The van der Waals surface area contributed by atoms with Crippen molar-refractivity contribution in [1.82, 2.24) is 0 Å². The van der Waals surface area contributed by atoms with Gasteiger partial charge in [-0.05, 0) is 18.8 Å². The molecule has 0 aromatic rings. The Morgan fingerprint density at radius 1 is 1.21 bits per heavy atom. The minimum absolute atomic E-state index is 0.204. The number of Topliss-reactive ketones (excluding diaryl/α,β-unsaturated/α-hetero) is 3. The number of carboxylic acid groups (broad SMARTS) is 1. The molecule has 2 aliphatic carbocycles. The summed E-state index contributed by atoms with van der Waals surface area (Å²) in [5, 5.41) is 9.40. The molecule has 2 saturated carbocycles. The van der Waals surface area contributed by atoms with E-state index in [1.807, 2.05) is 6.92 Å². The standard InChI is InChI=1S/C14H18O5/c1-2-8-3-4-11(8)12(17)14(13(18)19)6-9(15)5-10(16)7-14/h8,11H,2-7H2,1H3,(H,18,19). The molecule has 2 atom stereocenters. The van der Waals surface area contributed by atoms with Crippen LogP contribution < -0.4 is 0 Å². The summed E-state index contributed by atoms with van der Waals surface area (Å²) >= 11 is 0. The average molecular weight is 266 g/mol. The van der Waals surface area contributed by atoms with E-state index in [2.05, 4.69) is 0 Å². The molecule has 1 N–H and O–H groups in total. The van der Waals surface area contributed by atoms with Gasteiger partial charge in [0.1, 0.15) is 17.0 Å². The monoisotopic (exact) mass is 266 g/mol. The Bertz CT molecular complexity index is 433. The maximum absolute atomic E-state index is 12.5. The normalized spacial score (nSPS) is 29.7. The lowest BCUT2D eigenvalue weighted by Gasteiger charge is -2.41. The van der Waals surface area contributed by atoms with Crippen LogP contribution in [-0.4, -0.2) is 28.4 Å². The quantitative estimate of drug-likeness (QED) is 0.777. The molecular formula is C14H18O5. The molecule has 2 fully saturated rings. The van der Waals surface area contributed by atoms with Crippen LogP contribution in [0.2, 0.25) is 0 Å². The average Bonchev–Trinajstić information content (AvgIpc) is 2.26. The predicted octanol–water partition coefficient (Wildman–Crippen LogP) is 1.38. The molecule has 2 rings (SSSR count). The molecule has 0 heterocycles. The minimum atomic E-state index is -1.79. The first-order valence-electron chi connectivity index (χ1n) is 6.72. The van der Waals surface area contributed by atoms with Crippen LogP contribution in [0.3, 0.4) is 0 Å². The van der Waals surface area contributed by atoms with E-state index in [-0.39, 0.29) is 31.1 Å². The minimum Gasteiger partial charge on any atom is -0.480 e. The van der Waals surface area contributed by atoms with E-state index in [1.54, 1.807) is 0 Å². The SMILES string of the molecule is CCC1CCC1C(=O)C1(C(=O)O)CC(=O)CC(=O)C1. The largest absolute Gasteiger partial charge is 0.480 e. The molecule has 0 aliphatic heterocycles. The number of aliphatic carboxylic acids is 1. The number of carboxylic acids is 1. The Morgan fingerprint density at radius 3 is 2.16 bits per heavy atom. The molecule has 19 heavy (non-hydrogen) atoms. The van der Waals surface area contributed by atoms with Gasteiger partial charge in [-0.3, -0.25) is 19.2 Å². The van der Waals surface area contributed by atoms with Crippen molar-refractivity contribution in [2.75, 3.05) is 0 Å². The maximum Gasteiger partial charge on any atom is 0.318 e. The Hall–Kier alpha value is -1.52. The summed E-state index contributed by atoms with van der Waals surface area (Å²) in [6, 6.07) is 0. The van der Waals surface area contributed by atoms with E-state index >= 15 is 0 Å². The number of carbonyl (C=O) groups excluding carboxylic acids is 3. The van der Waals surface area contributed by atoms with Crippen LogP contribution in [0.25, 0.3) is 0 Å².